The molecule has 0 aliphatic rings. The molecule has 0 spiro atoms. The molecule has 5 nitrogen and oxygen atoms in total. The lowest BCUT2D eigenvalue weighted by molar-refractivity contribution is 0.451. The third-order valence-electron chi connectivity index (χ3n) is 1.80. The van der Waals surface area contributed by atoms with E-state index in [4.69, 9.17) is 10.5 Å². The summed E-state index contributed by atoms with van der Waals surface area (Å²) in [4.78, 5) is 12.0. The number of rotatable bonds is 3. The van der Waals surface area contributed by atoms with Gasteiger partial charge in [0.1, 0.15) is 0 Å². The van der Waals surface area contributed by atoms with Crippen molar-refractivity contribution in [3.05, 3.63) is 42.6 Å². The highest BCUT2D eigenvalue weighted by Gasteiger charge is 2.04. The Morgan fingerprint density at radius 3 is 2.87 bits per heavy atom. The van der Waals surface area contributed by atoms with Gasteiger partial charge in [0.2, 0.25) is 5.88 Å². The molecule has 0 atom stereocenters. The quantitative estimate of drug-likeness (QED) is 0.807. The van der Waals surface area contributed by atoms with Crippen molar-refractivity contribution in [1.82, 2.24) is 15.0 Å². The Labute approximate surface area is 87.0 Å². The molecule has 0 saturated heterocycles. The Bertz CT molecular complexity index is 432. The molecule has 5 heteroatoms. The van der Waals surface area contributed by atoms with Crippen molar-refractivity contribution < 1.29 is 4.74 Å². The molecule has 0 amide bonds. The molecular weight excluding hydrogens is 192 g/mol. The molecule has 0 fully saturated rings. The molecule has 0 bridgehead atoms. The largest absolute Gasteiger partial charge is 0.436 e. The minimum Gasteiger partial charge on any atom is -0.436 e. The molecule has 2 aromatic heterocycles. The maximum atomic E-state index is 5.53. The van der Waals surface area contributed by atoms with Gasteiger partial charge in [0.15, 0.2) is 5.75 Å². The third kappa shape index (κ3) is 2.26. The second kappa shape index (κ2) is 4.47. The monoisotopic (exact) mass is 202 g/mol. The van der Waals surface area contributed by atoms with E-state index in [0.29, 0.717) is 23.9 Å². The van der Waals surface area contributed by atoms with Gasteiger partial charge in [0.25, 0.3) is 0 Å². The van der Waals surface area contributed by atoms with Crippen LogP contribution in [0.25, 0.3) is 0 Å². The minimum atomic E-state index is 0.330. The average Bonchev–Trinajstić information content (AvgIpc) is 2.31. The van der Waals surface area contributed by atoms with Crippen molar-refractivity contribution in [3.8, 4) is 11.6 Å². The van der Waals surface area contributed by atoms with Crippen molar-refractivity contribution in [2.45, 2.75) is 6.54 Å². The summed E-state index contributed by atoms with van der Waals surface area (Å²) >= 11 is 0. The molecule has 2 aromatic rings. The summed E-state index contributed by atoms with van der Waals surface area (Å²) in [7, 11) is 0. The third-order valence-corrected chi connectivity index (χ3v) is 1.80. The molecular formula is C10H10N4O. The van der Waals surface area contributed by atoms with Crippen LogP contribution in [-0.2, 0) is 6.54 Å². The summed E-state index contributed by atoms with van der Waals surface area (Å²) in [6.07, 6.45) is 6.35. The van der Waals surface area contributed by atoms with Gasteiger partial charge >= 0.3 is 0 Å². The molecule has 2 heterocycles. The smallest absolute Gasteiger partial charge is 0.237 e. The van der Waals surface area contributed by atoms with Gasteiger partial charge in [-0.1, -0.05) is 0 Å². The van der Waals surface area contributed by atoms with E-state index in [1.807, 2.05) is 0 Å². The second-order valence-corrected chi connectivity index (χ2v) is 2.80. The first-order valence-corrected chi connectivity index (χ1v) is 4.48. The number of aromatic nitrogens is 3. The first-order chi connectivity index (χ1) is 7.40. The van der Waals surface area contributed by atoms with Gasteiger partial charge in [-0.2, -0.15) is 0 Å². The zero-order chi connectivity index (χ0) is 10.5. The van der Waals surface area contributed by atoms with E-state index in [1.165, 1.54) is 6.20 Å². The van der Waals surface area contributed by atoms with Gasteiger partial charge in [-0.05, 0) is 12.1 Å². The van der Waals surface area contributed by atoms with Crippen molar-refractivity contribution in [3.63, 3.8) is 0 Å². The molecule has 0 unspecified atom stereocenters. The van der Waals surface area contributed by atoms with Crippen molar-refractivity contribution >= 4 is 0 Å². The first-order valence-electron chi connectivity index (χ1n) is 4.48. The van der Waals surface area contributed by atoms with Crippen LogP contribution in [0, 0.1) is 0 Å². The maximum absolute atomic E-state index is 5.53. The highest BCUT2D eigenvalue weighted by Crippen LogP contribution is 2.20. The van der Waals surface area contributed by atoms with E-state index in [1.54, 1.807) is 30.7 Å². The SMILES string of the molecule is NCc1ncccc1Oc1cnccn1. The van der Waals surface area contributed by atoms with Crippen LogP contribution in [0.15, 0.2) is 36.9 Å². The summed E-state index contributed by atoms with van der Waals surface area (Å²) in [5, 5.41) is 0. The molecule has 76 valence electrons. The maximum Gasteiger partial charge on any atom is 0.237 e. The van der Waals surface area contributed by atoms with Crippen LogP contribution in [-0.4, -0.2) is 15.0 Å². The molecule has 0 aromatic carbocycles. The van der Waals surface area contributed by atoms with Crippen LogP contribution in [0.3, 0.4) is 0 Å². The predicted molar refractivity (Wildman–Crippen MR) is 54.2 cm³/mol. The fraction of sp³-hybridized carbons (Fsp3) is 0.100. The van der Waals surface area contributed by atoms with E-state index in [-0.39, 0.29) is 0 Å². The summed E-state index contributed by atoms with van der Waals surface area (Å²) < 4.78 is 5.48. The zero-order valence-electron chi connectivity index (χ0n) is 8.00. The van der Waals surface area contributed by atoms with Gasteiger partial charge in [0, 0.05) is 25.1 Å². The van der Waals surface area contributed by atoms with Crippen LogP contribution in [0.4, 0.5) is 0 Å². The van der Waals surface area contributed by atoms with E-state index in [0.717, 1.165) is 0 Å². The van der Waals surface area contributed by atoms with Crippen molar-refractivity contribution in [2.75, 3.05) is 0 Å². The Hall–Kier alpha value is -2.01. The molecule has 0 saturated carbocycles. The lowest BCUT2D eigenvalue weighted by atomic mass is 10.3. The normalized spacial score (nSPS) is 9.93. The lowest BCUT2D eigenvalue weighted by Gasteiger charge is -2.06. The molecule has 0 aliphatic heterocycles. The van der Waals surface area contributed by atoms with E-state index in [2.05, 4.69) is 15.0 Å². The number of nitrogens with two attached hydrogens (primary N) is 1. The number of ether oxygens (including phenoxy) is 1. The number of pyridine rings is 1. The fourth-order valence-electron chi connectivity index (χ4n) is 1.12. The summed E-state index contributed by atoms with van der Waals surface area (Å²) in [6, 6.07) is 3.58. The molecule has 0 radical (unpaired) electrons. The van der Waals surface area contributed by atoms with Crippen LogP contribution in [0.1, 0.15) is 5.69 Å². The van der Waals surface area contributed by atoms with Gasteiger partial charge in [-0.3, -0.25) is 9.97 Å². The van der Waals surface area contributed by atoms with Crippen LogP contribution in [0.5, 0.6) is 11.6 Å². The van der Waals surface area contributed by atoms with E-state index in [9.17, 15) is 0 Å². The standard InChI is InChI=1S/C10H10N4O/c11-6-8-9(2-1-3-13-8)15-10-7-12-4-5-14-10/h1-5,7H,6,11H2. The molecule has 15 heavy (non-hydrogen) atoms. The average molecular weight is 202 g/mol. The van der Waals surface area contributed by atoms with Gasteiger partial charge < -0.3 is 10.5 Å². The van der Waals surface area contributed by atoms with Crippen molar-refractivity contribution in [2.24, 2.45) is 5.73 Å². The summed E-state index contributed by atoms with van der Waals surface area (Å²) in [6.45, 7) is 0.330. The first kappa shape index (κ1) is 9.54. The van der Waals surface area contributed by atoms with Crippen LogP contribution < -0.4 is 10.5 Å². The summed E-state index contributed by atoms with van der Waals surface area (Å²) in [5.41, 5.74) is 6.22. The zero-order valence-corrected chi connectivity index (χ0v) is 8.00. The van der Waals surface area contributed by atoms with E-state index >= 15 is 0 Å². The topological polar surface area (TPSA) is 73.9 Å². The Morgan fingerprint density at radius 1 is 1.20 bits per heavy atom. The fourth-order valence-corrected chi connectivity index (χ4v) is 1.12. The number of hydrogen-bond acceptors (Lipinski definition) is 5. The minimum absolute atomic E-state index is 0.330. The Balaban J connectivity index is 2.24. The van der Waals surface area contributed by atoms with Gasteiger partial charge in [-0.15, -0.1) is 0 Å². The molecule has 2 N–H and O–H groups in total. The Kier molecular flexibility index (Phi) is 2.85. The lowest BCUT2D eigenvalue weighted by Crippen LogP contribution is -2.02. The van der Waals surface area contributed by atoms with Gasteiger partial charge in [-0.25, -0.2) is 4.98 Å². The van der Waals surface area contributed by atoms with Crippen molar-refractivity contribution in [1.29, 1.82) is 0 Å². The molecule has 2 rings (SSSR count). The highest BCUT2D eigenvalue weighted by atomic mass is 16.5. The molecule has 0 aliphatic carbocycles. The second-order valence-electron chi connectivity index (χ2n) is 2.80. The van der Waals surface area contributed by atoms with Gasteiger partial charge in [0.05, 0.1) is 11.9 Å². The van der Waals surface area contributed by atoms with E-state index < -0.39 is 0 Å². The highest BCUT2D eigenvalue weighted by molar-refractivity contribution is 5.29. The summed E-state index contributed by atoms with van der Waals surface area (Å²) in [5.74, 6) is 1.04. The predicted octanol–water partition coefficient (Wildman–Crippen LogP) is 1.12. The number of nitrogens with zero attached hydrogens (tertiary/aromatic N) is 3. The van der Waals surface area contributed by atoms with Crippen LogP contribution >= 0.6 is 0 Å². The number of hydrogen-bond donors (Lipinski definition) is 1. The Morgan fingerprint density at radius 2 is 2.13 bits per heavy atom. The van der Waals surface area contributed by atoms with Crippen LogP contribution in [0.2, 0.25) is 0 Å².